The summed E-state index contributed by atoms with van der Waals surface area (Å²) in [5.74, 6) is 0.590. The molecular weight excluding hydrogens is 444 g/mol. The van der Waals surface area contributed by atoms with Crippen LogP contribution in [0.1, 0.15) is 17.9 Å². The first-order chi connectivity index (χ1) is 14.9. The van der Waals surface area contributed by atoms with E-state index >= 15 is 0 Å². The van der Waals surface area contributed by atoms with Gasteiger partial charge < -0.3 is 10.1 Å². The Kier molecular flexibility index (Phi) is 6.05. The lowest BCUT2D eigenvalue weighted by Crippen LogP contribution is -2.14. The van der Waals surface area contributed by atoms with Crippen LogP contribution in [0.2, 0.25) is 0 Å². The van der Waals surface area contributed by atoms with E-state index in [9.17, 15) is 13.6 Å². The molecule has 1 N–H and O–H groups in total. The summed E-state index contributed by atoms with van der Waals surface area (Å²) in [7, 11) is 1.61. The minimum Gasteiger partial charge on any atom is -0.497 e. The van der Waals surface area contributed by atoms with E-state index in [-0.39, 0.29) is 18.2 Å². The highest BCUT2D eigenvalue weighted by Crippen LogP contribution is 2.33. The summed E-state index contributed by atoms with van der Waals surface area (Å²) in [4.78, 5) is 25.7. The summed E-state index contributed by atoms with van der Waals surface area (Å²) >= 11 is 2.55. The molecule has 0 aliphatic rings. The monoisotopic (exact) mass is 461 g/mol. The first kappa shape index (κ1) is 21.1. The molecule has 1 aromatic carbocycles. The van der Waals surface area contributed by atoms with Crippen molar-refractivity contribution in [2.75, 3.05) is 12.4 Å². The van der Waals surface area contributed by atoms with Gasteiger partial charge in [0.1, 0.15) is 10.8 Å². The fraction of sp³-hybridized carbons (Fsp3) is 0.200. The van der Waals surface area contributed by atoms with Crippen molar-refractivity contribution >= 4 is 33.7 Å². The van der Waals surface area contributed by atoms with Crippen LogP contribution in [0.15, 0.2) is 42.0 Å². The van der Waals surface area contributed by atoms with E-state index in [2.05, 4.69) is 20.3 Å². The molecule has 0 saturated heterocycles. The molecule has 0 spiro atoms. The van der Waals surface area contributed by atoms with Gasteiger partial charge in [-0.1, -0.05) is 11.3 Å². The second-order valence-corrected chi connectivity index (χ2v) is 8.32. The van der Waals surface area contributed by atoms with Gasteiger partial charge in [0.25, 0.3) is 0 Å². The van der Waals surface area contributed by atoms with Crippen LogP contribution in [0, 0.1) is 6.92 Å². The second kappa shape index (κ2) is 8.90. The Balaban J connectivity index is 1.44. The van der Waals surface area contributed by atoms with Gasteiger partial charge in [0.2, 0.25) is 5.91 Å². The van der Waals surface area contributed by atoms with Crippen molar-refractivity contribution < 1.29 is 18.3 Å². The molecule has 4 aromatic rings. The molecule has 0 aliphatic heterocycles. The van der Waals surface area contributed by atoms with Crippen molar-refractivity contribution in [2.45, 2.75) is 19.9 Å². The molecule has 31 heavy (non-hydrogen) atoms. The van der Waals surface area contributed by atoms with E-state index < -0.39 is 6.55 Å². The molecule has 0 radical (unpaired) electrons. The smallest absolute Gasteiger partial charge is 0.320 e. The molecule has 0 saturated carbocycles. The first-order valence-corrected chi connectivity index (χ1v) is 10.8. The number of ether oxygens (including phenoxy) is 1. The SMILES string of the molecule is COc1ccc(-c2nc(CC(=O)Nc3nc(C)c(-c4nccn4C(F)F)s3)cs2)cc1. The average Bonchev–Trinajstić information content (AvgIpc) is 3.48. The summed E-state index contributed by atoms with van der Waals surface area (Å²) in [6.07, 6.45) is 2.59. The molecule has 3 heterocycles. The number of nitrogens with one attached hydrogen (secondary N) is 1. The van der Waals surface area contributed by atoms with E-state index in [1.54, 1.807) is 14.0 Å². The molecule has 4 rings (SSSR count). The number of benzene rings is 1. The molecule has 0 aliphatic carbocycles. The Morgan fingerprint density at radius 1 is 1.26 bits per heavy atom. The van der Waals surface area contributed by atoms with Crippen molar-refractivity contribution in [1.29, 1.82) is 0 Å². The molecular formula is C20H17F2N5O2S2. The number of rotatable bonds is 7. The first-order valence-electron chi connectivity index (χ1n) is 9.12. The zero-order valence-corrected chi connectivity index (χ0v) is 18.1. The van der Waals surface area contributed by atoms with Gasteiger partial charge in [-0.25, -0.2) is 15.0 Å². The van der Waals surface area contributed by atoms with E-state index in [4.69, 9.17) is 4.74 Å². The number of nitrogens with zero attached hydrogens (tertiary/aromatic N) is 4. The van der Waals surface area contributed by atoms with Gasteiger partial charge in [0, 0.05) is 23.3 Å². The van der Waals surface area contributed by atoms with Crippen LogP contribution in [0.4, 0.5) is 13.9 Å². The second-order valence-electron chi connectivity index (χ2n) is 6.47. The number of amides is 1. The molecule has 7 nitrogen and oxygen atoms in total. The van der Waals surface area contributed by atoms with E-state index in [0.29, 0.717) is 21.4 Å². The zero-order chi connectivity index (χ0) is 22.0. The third-order valence-electron chi connectivity index (χ3n) is 4.36. The van der Waals surface area contributed by atoms with Crippen LogP contribution in [-0.4, -0.2) is 32.5 Å². The van der Waals surface area contributed by atoms with Crippen molar-refractivity contribution in [3.8, 4) is 27.0 Å². The third-order valence-corrected chi connectivity index (χ3v) is 6.36. The van der Waals surface area contributed by atoms with E-state index in [1.807, 2.05) is 29.6 Å². The Hall–Kier alpha value is -3.18. The van der Waals surface area contributed by atoms with Crippen LogP contribution in [-0.2, 0) is 11.2 Å². The minimum absolute atomic E-state index is 0.0757. The fourth-order valence-electron chi connectivity index (χ4n) is 2.89. The van der Waals surface area contributed by atoms with Crippen molar-refractivity contribution in [1.82, 2.24) is 19.5 Å². The zero-order valence-electron chi connectivity index (χ0n) is 16.5. The predicted octanol–water partition coefficient (Wildman–Crippen LogP) is 5.02. The molecule has 0 atom stereocenters. The number of hydrogen-bond acceptors (Lipinski definition) is 7. The maximum absolute atomic E-state index is 13.1. The number of methoxy groups -OCH3 is 1. The van der Waals surface area contributed by atoms with Crippen LogP contribution < -0.4 is 10.1 Å². The predicted molar refractivity (Wildman–Crippen MR) is 116 cm³/mol. The van der Waals surface area contributed by atoms with E-state index in [1.165, 1.54) is 23.7 Å². The lowest BCUT2D eigenvalue weighted by atomic mass is 10.2. The Morgan fingerprint density at radius 3 is 2.74 bits per heavy atom. The number of halogens is 2. The Labute approximate surface area is 184 Å². The average molecular weight is 462 g/mol. The molecule has 11 heteroatoms. The van der Waals surface area contributed by atoms with Crippen LogP contribution >= 0.6 is 22.7 Å². The Bertz CT molecular complexity index is 1200. The number of alkyl halides is 2. The van der Waals surface area contributed by atoms with E-state index in [0.717, 1.165) is 32.2 Å². The minimum atomic E-state index is -2.71. The summed E-state index contributed by atoms with van der Waals surface area (Å²) in [6.45, 7) is -1.02. The number of hydrogen-bond donors (Lipinski definition) is 1. The molecule has 0 unspecified atom stereocenters. The number of carbonyl (C=O) groups is 1. The highest BCUT2D eigenvalue weighted by Gasteiger charge is 2.19. The van der Waals surface area contributed by atoms with Gasteiger partial charge in [-0.2, -0.15) is 8.78 Å². The maximum atomic E-state index is 13.1. The van der Waals surface area contributed by atoms with Crippen LogP contribution in [0.5, 0.6) is 5.75 Å². The van der Waals surface area contributed by atoms with Gasteiger partial charge >= 0.3 is 6.55 Å². The largest absolute Gasteiger partial charge is 0.497 e. The topological polar surface area (TPSA) is 81.9 Å². The highest BCUT2D eigenvalue weighted by molar-refractivity contribution is 7.19. The molecule has 0 fully saturated rings. The molecule has 3 aromatic heterocycles. The number of carbonyl (C=O) groups excluding carboxylic acids is 1. The maximum Gasteiger partial charge on any atom is 0.320 e. The fourth-order valence-corrected chi connectivity index (χ4v) is 4.70. The summed E-state index contributed by atoms with van der Waals surface area (Å²) in [6, 6.07) is 7.52. The van der Waals surface area contributed by atoms with Gasteiger partial charge in [-0.15, -0.1) is 11.3 Å². The Morgan fingerprint density at radius 2 is 2.03 bits per heavy atom. The van der Waals surface area contributed by atoms with Crippen molar-refractivity contribution in [2.24, 2.45) is 0 Å². The summed E-state index contributed by atoms with van der Waals surface area (Å²) in [5, 5.41) is 5.68. The van der Waals surface area contributed by atoms with Gasteiger partial charge in [-0.3, -0.25) is 9.36 Å². The molecule has 160 valence electrons. The number of aryl methyl sites for hydroxylation is 1. The standard InChI is InChI=1S/C20H17F2N5O2S2/c1-11-16(17-23-7-8-27(17)19(21)22)31-20(24-11)26-15(28)9-13-10-30-18(25-13)12-3-5-14(29-2)6-4-12/h3-8,10,19H,9H2,1-2H3,(H,24,26,28). The lowest BCUT2D eigenvalue weighted by Gasteiger charge is -2.04. The van der Waals surface area contributed by atoms with Crippen LogP contribution in [0.3, 0.4) is 0 Å². The summed E-state index contributed by atoms with van der Waals surface area (Å²) in [5.41, 5.74) is 2.09. The quantitative estimate of drug-likeness (QED) is 0.418. The van der Waals surface area contributed by atoms with Crippen molar-refractivity contribution in [3.63, 3.8) is 0 Å². The number of aromatic nitrogens is 4. The lowest BCUT2D eigenvalue weighted by molar-refractivity contribution is -0.115. The van der Waals surface area contributed by atoms with Gasteiger partial charge in [0.05, 0.1) is 29.8 Å². The summed E-state index contributed by atoms with van der Waals surface area (Å²) < 4.78 is 32.2. The molecule has 0 bridgehead atoms. The molecule has 1 amide bonds. The number of imidazole rings is 1. The number of thiazole rings is 2. The van der Waals surface area contributed by atoms with Gasteiger partial charge in [-0.05, 0) is 31.2 Å². The van der Waals surface area contributed by atoms with Gasteiger partial charge in [0.15, 0.2) is 11.0 Å². The highest BCUT2D eigenvalue weighted by atomic mass is 32.1. The normalized spacial score (nSPS) is 11.1. The number of anilines is 1. The van der Waals surface area contributed by atoms with Crippen molar-refractivity contribution in [3.05, 3.63) is 53.4 Å². The van der Waals surface area contributed by atoms with Crippen LogP contribution in [0.25, 0.3) is 21.3 Å². The third kappa shape index (κ3) is 4.62.